The number of likely N-dealkylation sites (tertiary alicyclic amines) is 1. The molecule has 1 fully saturated rings. The van der Waals surface area contributed by atoms with E-state index in [1.807, 2.05) is 0 Å². The van der Waals surface area contributed by atoms with Crippen LogP contribution in [0.3, 0.4) is 0 Å². The zero-order chi connectivity index (χ0) is 16.1. The van der Waals surface area contributed by atoms with Crippen molar-refractivity contribution in [3.63, 3.8) is 0 Å². The number of hydrogen-bond acceptors (Lipinski definition) is 1. The minimum absolute atomic E-state index is 0. The molecule has 1 aromatic rings. The molecule has 0 radical (unpaired) electrons. The van der Waals surface area contributed by atoms with Gasteiger partial charge in [0.1, 0.15) is 11.6 Å². The van der Waals surface area contributed by atoms with Crippen LogP contribution in [-0.2, 0) is 6.42 Å². The first-order chi connectivity index (χ1) is 10.5. The Bertz CT molecular complexity index is 506. The Balaban J connectivity index is 0.00000264. The Hall–Kier alpha value is -0.920. The highest BCUT2D eigenvalue weighted by atomic mass is 127. The average molecular weight is 437 g/mol. The summed E-state index contributed by atoms with van der Waals surface area (Å²) in [7, 11) is 1.77. The third kappa shape index (κ3) is 6.24. The summed E-state index contributed by atoms with van der Waals surface area (Å²) in [6.45, 7) is 7.11. The van der Waals surface area contributed by atoms with Crippen LogP contribution < -0.4 is 5.32 Å². The van der Waals surface area contributed by atoms with Crippen LogP contribution in [0.25, 0.3) is 0 Å². The van der Waals surface area contributed by atoms with Crippen molar-refractivity contribution in [1.29, 1.82) is 0 Å². The number of hydrogen-bond donors (Lipinski definition) is 1. The van der Waals surface area contributed by atoms with Crippen molar-refractivity contribution in [2.45, 2.75) is 26.7 Å². The molecule has 2 atom stereocenters. The number of benzene rings is 1. The molecule has 1 aromatic carbocycles. The minimum Gasteiger partial charge on any atom is -0.356 e. The van der Waals surface area contributed by atoms with E-state index >= 15 is 0 Å². The van der Waals surface area contributed by atoms with Gasteiger partial charge >= 0.3 is 0 Å². The molecular formula is C17H26F2IN3. The van der Waals surface area contributed by atoms with Gasteiger partial charge in [-0.25, -0.2) is 8.78 Å². The summed E-state index contributed by atoms with van der Waals surface area (Å²) in [6.07, 6.45) is 1.81. The van der Waals surface area contributed by atoms with E-state index in [4.69, 9.17) is 0 Å². The second kappa shape index (κ2) is 9.39. The first kappa shape index (κ1) is 20.1. The number of halogens is 3. The second-order valence-corrected chi connectivity index (χ2v) is 6.35. The van der Waals surface area contributed by atoms with Crippen LogP contribution in [0.1, 0.15) is 25.8 Å². The van der Waals surface area contributed by atoms with E-state index < -0.39 is 11.6 Å². The van der Waals surface area contributed by atoms with E-state index in [2.05, 4.69) is 29.1 Å². The van der Waals surface area contributed by atoms with Gasteiger partial charge in [0.25, 0.3) is 0 Å². The van der Waals surface area contributed by atoms with Gasteiger partial charge < -0.3 is 10.2 Å². The van der Waals surface area contributed by atoms with E-state index in [-0.39, 0.29) is 24.0 Å². The Morgan fingerprint density at radius 2 is 1.74 bits per heavy atom. The van der Waals surface area contributed by atoms with E-state index in [1.165, 1.54) is 18.6 Å². The van der Waals surface area contributed by atoms with Crippen LogP contribution in [0.2, 0.25) is 0 Å². The molecule has 0 aliphatic carbocycles. The maximum atomic E-state index is 13.2. The predicted octanol–water partition coefficient (Wildman–Crippen LogP) is 3.68. The van der Waals surface area contributed by atoms with Crippen molar-refractivity contribution in [1.82, 2.24) is 10.2 Å². The molecule has 0 aromatic heterocycles. The molecule has 1 aliphatic heterocycles. The fraction of sp³-hybridized carbons (Fsp3) is 0.588. The predicted molar refractivity (Wildman–Crippen MR) is 101 cm³/mol. The molecule has 0 spiro atoms. The maximum Gasteiger partial charge on any atom is 0.193 e. The van der Waals surface area contributed by atoms with Crippen molar-refractivity contribution in [2.75, 3.05) is 26.7 Å². The fourth-order valence-electron chi connectivity index (χ4n) is 3.24. The number of rotatable bonds is 3. The SMILES string of the molecule is CN=C(NCCc1cc(F)cc(F)c1)N1CC(C)CC(C)C1.I. The molecule has 1 heterocycles. The lowest BCUT2D eigenvalue weighted by atomic mass is 9.92. The standard InChI is InChI=1S/C17H25F2N3.HI/c1-12-6-13(2)11-22(10-12)17(20-3)21-5-4-14-7-15(18)9-16(19)8-14;/h7-9,12-13H,4-6,10-11H2,1-3H3,(H,20,21);1H. The van der Waals surface area contributed by atoms with Crippen LogP contribution in [0.15, 0.2) is 23.2 Å². The Morgan fingerprint density at radius 1 is 1.17 bits per heavy atom. The second-order valence-electron chi connectivity index (χ2n) is 6.35. The molecule has 0 bridgehead atoms. The lowest BCUT2D eigenvalue weighted by molar-refractivity contribution is 0.208. The van der Waals surface area contributed by atoms with Crippen LogP contribution in [0.4, 0.5) is 8.78 Å². The summed E-state index contributed by atoms with van der Waals surface area (Å²) in [5.74, 6) is 1.12. The van der Waals surface area contributed by atoms with Crippen molar-refractivity contribution in [3.05, 3.63) is 35.4 Å². The maximum absolute atomic E-state index is 13.2. The molecule has 0 saturated carbocycles. The van der Waals surface area contributed by atoms with Gasteiger partial charge in [-0.05, 0) is 42.4 Å². The third-order valence-electron chi connectivity index (χ3n) is 4.00. The van der Waals surface area contributed by atoms with Gasteiger partial charge in [-0.3, -0.25) is 4.99 Å². The van der Waals surface area contributed by atoms with Gasteiger partial charge in [0, 0.05) is 32.7 Å². The number of nitrogens with zero attached hydrogens (tertiary/aromatic N) is 2. The summed E-state index contributed by atoms with van der Waals surface area (Å²) in [5, 5.41) is 3.30. The zero-order valence-corrected chi connectivity index (χ0v) is 16.3. The quantitative estimate of drug-likeness (QED) is 0.444. The fourth-order valence-corrected chi connectivity index (χ4v) is 3.24. The van der Waals surface area contributed by atoms with Crippen molar-refractivity contribution >= 4 is 29.9 Å². The van der Waals surface area contributed by atoms with Crippen molar-refractivity contribution in [3.8, 4) is 0 Å². The van der Waals surface area contributed by atoms with Crippen molar-refractivity contribution < 1.29 is 8.78 Å². The van der Waals surface area contributed by atoms with E-state index in [0.29, 0.717) is 30.4 Å². The molecule has 1 N–H and O–H groups in total. The lowest BCUT2D eigenvalue weighted by Crippen LogP contribution is -2.48. The molecule has 0 amide bonds. The van der Waals surface area contributed by atoms with Crippen molar-refractivity contribution in [2.24, 2.45) is 16.8 Å². The normalized spacial score (nSPS) is 21.8. The summed E-state index contributed by atoms with van der Waals surface area (Å²) in [6, 6.07) is 3.64. The van der Waals surface area contributed by atoms with Gasteiger partial charge in [-0.1, -0.05) is 13.8 Å². The monoisotopic (exact) mass is 437 g/mol. The average Bonchev–Trinajstić information content (AvgIpc) is 2.41. The molecule has 1 saturated heterocycles. The Labute approximate surface area is 154 Å². The Morgan fingerprint density at radius 3 is 2.26 bits per heavy atom. The molecule has 2 unspecified atom stereocenters. The Kier molecular flexibility index (Phi) is 8.22. The van der Waals surface area contributed by atoms with E-state index in [9.17, 15) is 8.78 Å². The smallest absolute Gasteiger partial charge is 0.193 e. The van der Waals surface area contributed by atoms with Crippen LogP contribution in [-0.4, -0.2) is 37.5 Å². The lowest BCUT2D eigenvalue weighted by Gasteiger charge is -2.37. The van der Waals surface area contributed by atoms with Gasteiger partial charge in [0.2, 0.25) is 0 Å². The topological polar surface area (TPSA) is 27.6 Å². The number of nitrogens with one attached hydrogen (secondary N) is 1. The molecule has 1 aliphatic rings. The number of guanidine groups is 1. The van der Waals surface area contributed by atoms with E-state index in [1.54, 1.807) is 7.05 Å². The molecule has 23 heavy (non-hydrogen) atoms. The van der Waals surface area contributed by atoms with Gasteiger partial charge in [-0.2, -0.15) is 0 Å². The largest absolute Gasteiger partial charge is 0.356 e. The summed E-state index contributed by atoms with van der Waals surface area (Å²) >= 11 is 0. The zero-order valence-electron chi connectivity index (χ0n) is 14.0. The molecule has 130 valence electrons. The molecule has 3 nitrogen and oxygen atoms in total. The molecular weight excluding hydrogens is 411 g/mol. The highest BCUT2D eigenvalue weighted by Crippen LogP contribution is 2.20. The van der Waals surface area contributed by atoms with Gasteiger partial charge in [0.15, 0.2) is 5.96 Å². The first-order valence-corrected chi connectivity index (χ1v) is 7.88. The van der Waals surface area contributed by atoms with Gasteiger partial charge in [0.05, 0.1) is 0 Å². The number of piperidine rings is 1. The number of aliphatic imine (C=N–C) groups is 1. The summed E-state index contributed by atoms with van der Waals surface area (Å²) < 4.78 is 26.3. The highest BCUT2D eigenvalue weighted by Gasteiger charge is 2.23. The molecule has 2 rings (SSSR count). The molecule has 6 heteroatoms. The summed E-state index contributed by atoms with van der Waals surface area (Å²) in [5.41, 5.74) is 0.654. The van der Waals surface area contributed by atoms with Crippen LogP contribution >= 0.6 is 24.0 Å². The summed E-state index contributed by atoms with van der Waals surface area (Å²) in [4.78, 5) is 6.60. The highest BCUT2D eigenvalue weighted by molar-refractivity contribution is 14.0. The van der Waals surface area contributed by atoms with Crippen LogP contribution in [0.5, 0.6) is 0 Å². The minimum atomic E-state index is -0.530. The van der Waals surface area contributed by atoms with Gasteiger partial charge in [-0.15, -0.1) is 24.0 Å². The van der Waals surface area contributed by atoms with E-state index in [0.717, 1.165) is 25.1 Å². The third-order valence-corrected chi connectivity index (χ3v) is 4.00. The van der Waals surface area contributed by atoms with Crippen LogP contribution in [0, 0.1) is 23.5 Å². The first-order valence-electron chi connectivity index (χ1n) is 7.88.